The molecule has 0 fully saturated rings. The highest BCUT2D eigenvalue weighted by molar-refractivity contribution is 7.95. The van der Waals surface area contributed by atoms with E-state index in [0.717, 1.165) is 23.1 Å². The lowest BCUT2D eigenvalue weighted by atomic mass is 10.2. The molecular formula is C15H13F2NO2S. The van der Waals surface area contributed by atoms with E-state index in [1.807, 2.05) is 23.8 Å². The topological polar surface area (TPSA) is 46.2 Å². The first-order valence-electron chi connectivity index (χ1n) is 6.08. The van der Waals surface area contributed by atoms with E-state index < -0.39 is 21.7 Å². The summed E-state index contributed by atoms with van der Waals surface area (Å²) in [5.74, 6) is -1.74. The van der Waals surface area contributed by atoms with Crippen LogP contribution in [0.1, 0.15) is 11.1 Å². The van der Waals surface area contributed by atoms with Gasteiger partial charge in [-0.05, 0) is 30.7 Å². The van der Waals surface area contributed by atoms with Crippen molar-refractivity contribution in [2.75, 3.05) is 4.72 Å². The molecule has 1 N–H and O–H groups in total. The Morgan fingerprint density at radius 2 is 1.71 bits per heavy atom. The zero-order chi connectivity index (χ0) is 15.5. The fraction of sp³-hybridized carbons (Fsp3) is 0.0667. The number of benzene rings is 2. The Hall–Kier alpha value is -2.21. The largest absolute Gasteiger partial charge is 0.277 e. The van der Waals surface area contributed by atoms with Crippen LogP contribution in [0.2, 0.25) is 0 Å². The minimum absolute atomic E-state index is 0.301. The Balaban J connectivity index is 2.16. The monoisotopic (exact) mass is 309 g/mol. The predicted molar refractivity (Wildman–Crippen MR) is 79.1 cm³/mol. The molecule has 0 aliphatic heterocycles. The van der Waals surface area contributed by atoms with Crippen molar-refractivity contribution in [3.63, 3.8) is 0 Å². The Kier molecular flexibility index (Phi) is 4.37. The molecule has 0 amide bonds. The summed E-state index contributed by atoms with van der Waals surface area (Å²) in [5, 5.41) is 0.931. The van der Waals surface area contributed by atoms with Crippen molar-refractivity contribution in [3.05, 3.63) is 70.6 Å². The third-order valence-electron chi connectivity index (χ3n) is 2.70. The van der Waals surface area contributed by atoms with E-state index in [1.54, 1.807) is 12.1 Å². The van der Waals surface area contributed by atoms with Gasteiger partial charge in [0.2, 0.25) is 0 Å². The normalized spacial score (nSPS) is 11.8. The molecule has 0 heterocycles. The molecule has 0 bridgehead atoms. The van der Waals surface area contributed by atoms with Crippen molar-refractivity contribution in [1.82, 2.24) is 0 Å². The van der Waals surface area contributed by atoms with Crippen LogP contribution < -0.4 is 4.72 Å². The smallest absolute Gasteiger partial charge is 0.255 e. The molecule has 2 aromatic carbocycles. The number of sulfonamides is 1. The summed E-state index contributed by atoms with van der Waals surface area (Å²) >= 11 is 0. The van der Waals surface area contributed by atoms with Gasteiger partial charge in [0.1, 0.15) is 11.6 Å². The molecular weight excluding hydrogens is 296 g/mol. The van der Waals surface area contributed by atoms with Gasteiger partial charge in [0.15, 0.2) is 0 Å². The fourth-order valence-electron chi connectivity index (χ4n) is 1.61. The zero-order valence-corrected chi connectivity index (χ0v) is 12.0. The molecule has 0 radical (unpaired) electrons. The van der Waals surface area contributed by atoms with Crippen molar-refractivity contribution < 1.29 is 17.2 Å². The van der Waals surface area contributed by atoms with Crippen LogP contribution in [0.15, 0.2) is 47.9 Å². The van der Waals surface area contributed by atoms with E-state index in [4.69, 9.17) is 0 Å². The summed E-state index contributed by atoms with van der Waals surface area (Å²) in [6, 6.07) is 9.84. The Morgan fingerprint density at radius 1 is 1.05 bits per heavy atom. The molecule has 0 spiro atoms. The summed E-state index contributed by atoms with van der Waals surface area (Å²) in [6.07, 6.45) is 1.39. The maximum atomic E-state index is 13.4. The van der Waals surface area contributed by atoms with Crippen LogP contribution in [-0.4, -0.2) is 8.42 Å². The Morgan fingerprint density at radius 3 is 2.33 bits per heavy atom. The van der Waals surface area contributed by atoms with Crippen molar-refractivity contribution in [1.29, 1.82) is 0 Å². The van der Waals surface area contributed by atoms with Crippen molar-refractivity contribution in [3.8, 4) is 0 Å². The second kappa shape index (κ2) is 6.05. The molecule has 3 nitrogen and oxygen atoms in total. The molecule has 0 saturated carbocycles. The van der Waals surface area contributed by atoms with E-state index in [2.05, 4.69) is 0 Å². The van der Waals surface area contributed by atoms with Gasteiger partial charge in [-0.15, -0.1) is 0 Å². The minimum Gasteiger partial charge on any atom is -0.277 e. The average Bonchev–Trinajstić information content (AvgIpc) is 2.41. The number of anilines is 1. The molecule has 0 unspecified atom stereocenters. The first-order valence-corrected chi connectivity index (χ1v) is 7.63. The van der Waals surface area contributed by atoms with E-state index in [9.17, 15) is 17.2 Å². The van der Waals surface area contributed by atoms with Gasteiger partial charge < -0.3 is 0 Å². The lowest BCUT2D eigenvalue weighted by Crippen LogP contribution is -2.10. The van der Waals surface area contributed by atoms with Gasteiger partial charge >= 0.3 is 0 Å². The molecule has 0 saturated heterocycles. The first kappa shape index (κ1) is 15.2. The molecule has 2 rings (SSSR count). The molecule has 0 aromatic heterocycles. The molecule has 21 heavy (non-hydrogen) atoms. The number of hydrogen-bond donors (Lipinski definition) is 1. The molecule has 0 aliphatic carbocycles. The van der Waals surface area contributed by atoms with Gasteiger partial charge in [-0.2, -0.15) is 0 Å². The van der Waals surface area contributed by atoms with Gasteiger partial charge in [-0.3, -0.25) is 4.72 Å². The molecule has 6 heteroatoms. The Labute approximate surface area is 122 Å². The van der Waals surface area contributed by atoms with Gasteiger partial charge in [0, 0.05) is 6.07 Å². The van der Waals surface area contributed by atoms with Crippen molar-refractivity contribution in [2.45, 2.75) is 6.92 Å². The highest BCUT2D eigenvalue weighted by atomic mass is 32.2. The molecule has 2 aromatic rings. The zero-order valence-electron chi connectivity index (χ0n) is 11.2. The third-order valence-corrected chi connectivity index (χ3v) is 3.70. The van der Waals surface area contributed by atoms with Gasteiger partial charge in [-0.25, -0.2) is 17.2 Å². The van der Waals surface area contributed by atoms with Crippen LogP contribution in [0.4, 0.5) is 14.5 Å². The lowest BCUT2D eigenvalue weighted by Gasteiger charge is -2.05. The first-order chi connectivity index (χ1) is 9.85. The van der Waals surface area contributed by atoms with E-state index in [0.29, 0.717) is 11.6 Å². The maximum Gasteiger partial charge on any atom is 0.255 e. The quantitative estimate of drug-likeness (QED) is 0.936. The summed E-state index contributed by atoms with van der Waals surface area (Å²) in [5.41, 5.74) is 1.46. The van der Waals surface area contributed by atoms with Gasteiger partial charge in [0.05, 0.1) is 11.1 Å². The second-order valence-corrected chi connectivity index (χ2v) is 6.05. The fourth-order valence-corrected chi connectivity index (χ4v) is 2.48. The lowest BCUT2D eigenvalue weighted by molar-refractivity contribution is 0.584. The van der Waals surface area contributed by atoms with E-state index in [-0.39, 0.29) is 5.69 Å². The molecule has 110 valence electrons. The summed E-state index contributed by atoms with van der Waals surface area (Å²) in [4.78, 5) is 0. The number of hydrogen-bond acceptors (Lipinski definition) is 2. The summed E-state index contributed by atoms with van der Waals surface area (Å²) < 4.78 is 51.8. The van der Waals surface area contributed by atoms with Crippen molar-refractivity contribution >= 4 is 21.8 Å². The highest BCUT2D eigenvalue weighted by Gasteiger charge is 2.10. The predicted octanol–water partition coefficient (Wildman–Crippen LogP) is 3.69. The molecule has 0 atom stereocenters. The second-order valence-electron chi connectivity index (χ2n) is 4.48. The SMILES string of the molecule is Cc1ccc(/C=C/S(=O)(=O)Nc2ccc(F)cc2F)cc1. The highest BCUT2D eigenvalue weighted by Crippen LogP contribution is 2.17. The van der Waals surface area contributed by atoms with Gasteiger partial charge in [-0.1, -0.05) is 29.8 Å². The number of rotatable bonds is 4. The van der Waals surface area contributed by atoms with Gasteiger partial charge in [0.25, 0.3) is 10.0 Å². The van der Waals surface area contributed by atoms with Crippen LogP contribution in [0, 0.1) is 18.6 Å². The number of halogens is 2. The van der Waals surface area contributed by atoms with E-state index >= 15 is 0 Å². The van der Waals surface area contributed by atoms with Crippen LogP contribution >= 0.6 is 0 Å². The van der Waals surface area contributed by atoms with Crippen LogP contribution in [0.5, 0.6) is 0 Å². The van der Waals surface area contributed by atoms with E-state index in [1.165, 1.54) is 6.08 Å². The number of aryl methyl sites for hydroxylation is 1. The average molecular weight is 309 g/mol. The van der Waals surface area contributed by atoms with Crippen LogP contribution in [0.3, 0.4) is 0 Å². The van der Waals surface area contributed by atoms with Crippen LogP contribution in [0.25, 0.3) is 6.08 Å². The minimum atomic E-state index is -3.87. The van der Waals surface area contributed by atoms with Crippen molar-refractivity contribution in [2.24, 2.45) is 0 Å². The Bertz CT molecular complexity index is 769. The van der Waals surface area contributed by atoms with Crippen LogP contribution in [-0.2, 0) is 10.0 Å². The molecule has 0 aliphatic rings. The maximum absolute atomic E-state index is 13.4. The third kappa shape index (κ3) is 4.39. The standard InChI is InChI=1S/C15H13F2NO2S/c1-11-2-4-12(5-3-11)8-9-21(19,20)18-15-7-6-13(16)10-14(15)17/h2-10,18H,1H3/b9-8+. The summed E-state index contributed by atoms with van der Waals surface area (Å²) in [7, 11) is -3.87. The summed E-state index contributed by atoms with van der Waals surface area (Å²) in [6.45, 7) is 1.92. The number of nitrogens with one attached hydrogen (secondary N) is 1.